The Labute approximate surface area is 132 Å². The van der Waals surface area contributed by atoms with Gasteiger partial charge in [-0.25, -0.2) is 13.6 Å². The minimum absolute atomic E-state index is 0.0373. The Kier molecular flexibility index (Phi) is 4.63. The van der Waals surface area contributed by atoms with E-state index in [4.69, 9.17) is 38.8 Å². The molecule has 0 aliphatic heterocycles. The second-order valence-corrected chi connectivity index (χ2v) is 6.69. The van der Waals surface area contributed by atoms with E-state index in [1.54, 1.807) is 12.1 Å². The Bertz CT molecular complexity index is 738. The first-order valence-electron chi connectivity index (χ1n) is 5.76. The van der Waals surface area contributed by atoms with Crippen LogP contribution in [0.2, 0.25) is 10.0 Å². The minimum Gasteiger partial charge on any atom is -0.485 e. The molecule has 0 fully saturated rings. The van der Waals surface area contributed by atoms with Crippen LogP contribution in [0.5, 0.6) is 5.75 Å². The normalized spacial score (nSPS) is 11.4. The number of primary sulfonamides is 1. The largest absolute Gasteiger partial charge is 0.485 e. The maximum atomic E-state index is 11.1. The molecule has 0 saturated carbocycles. The number of benzene rings is 2. The lowest BCUT2D eigenvalue weighted by Gasteiger charge is -2.11. The first-order chi connectivity index (χ1) is 9.77. The van der Waals surface area contributed by atoms with Crippen LogP contribution in [0.4, 0.5) is 5.69 Å². The molecule has 0 aliphatic rings. The molecule has 2 rings (SSSR count). The molecule has 112 valence electrons. The van der Waals surface area contributed by atoms with Crippen LogP contribution in [0.3, 0.4) is 0 Å². The standard InChI is InChI=1S/C13H12Cl2N2O3S/c14-9-5-11(15)13(12(16)6-9)20-7-8-1-3-10(4-2-8)21(17,18)19/h1-6H,7,16H2,(H2,17,18,19). The van der Waals surface area contributed by atoms with E-state index in [9.17, 15) is 8.42 Å². The molecule has 0 atom stereocenters. The third-order valence-electron chi connectivity index (χ3n) is 2.67. The molecule has 0 amide bonds. The summed E-state index contributed by atoms with van der Waals surface area (Å²) < 4.78 is 27.8. The summed E-state index contributed by atoms with van der Waals surface area (Å²) in [5, 5.41) is 5.75. The van der Waals surface area contributed by atoms with Crippen LogP contribution in [0.25, 0.3) is 0 Å². The molecule has 4 N–H and O–H groups in total. The predicted octanol–water partition coefficient (Wildman–Crippen LogP) is 2.80. The van der Waals surface area contributed by atoms with Crippen LogP contribution in [0, 0.1) is 0 Å². The quantitative estimate of drug-likeness (QED) is 0.832. The number of nitrogen functional groups attached to an aromatic ring is 1. The Morgan fingerprint density at radius 1 is 1.10 bits per heavy atom. The van der Waals surface area contributed by atoms with E-state index in [2.05, 4.69) is 0 Å². The monoisotopic (exact) mass is 346 g/mol. The molecule has 0 spiro atoms. The molecule has 5 nitrogen and oxygen atoms in total. The molecule has 0 aromatic heterocycles. The third-order valence-corrected chi connectivity index (χ3v) is 4.10. The number of hydrogen-bond donors (Lipinski definition) is 2. The summed E-state index contributed by atoms with van der Waals surface area (Å²) in [5.41, 5.74) is 6.85. The van der Waals surface area contributed by atoms with Crippen molar-refractivity contribution in [2.75, 3.05) is 5.73 Å². The zero-order valence-electron chi connectivity index (χ0n) is 10.7. The Hall–Kier alpha value is -1.47. The van der Waals surface area contributed by atoms with Crippen LogP contribution in [0.15, 0.2) is 41.3 Å². The van der Waals surface area contributed by atoms with Gasteiger partial charge in [0.25, 0.3) is 0 Å². The lowest BCUT2D eigenvalue weighted by atomic mass is 10.2. The molecule has 21 heavy (non-hydrogen) atoms. The SMILES string of the molecule is Nc1cc(Cl)cc(Cl)c1OCc1ccc(S(N)(=O)=O)cc1. The van der Waals surface area contributed by atoms with Crippen molar-refractivity contribution in [1.29, 1.82) is 0 Å². The van der Waals surface area contributed by atoms with Gasteiger partial charge in [-0.15, -0.1) is 0 Å². The Balaban J connectivity index is 2.14. The van der Waals surface area contributed by atoms with Crippen LogP contribution < -0.4 is 15.6 Å². The maximum absolute atomic E-state index is 11.1. The number of halogens is 2. The predicted molar refractivity (Wildman–Crippen MR) is 83.0 cm³/mol. The average molecular weight is 347 g/mol. The van der Waals surface area contributed by atoms with Crippen LogP contribution in [0.1, 0.15) is 5.56 Å². The summed E-state index contributed by atoms with van der Waals surface area (Å²) in [5.74, 6) is 0.330. The molecular formula is C13H12Cl2N2O3S. The molecule has 2 aromatic carbocycles. The summed E-state index contributed by atoms with van der Waals surface area (Å²) in [4.78, 5) is 0.0373. The van der Waals surface area contributed by atoms with Crippen LogP contribution in [-0.4, -0.2) is 8.42 Å². The highest BCUT2D eigenvalue weighted by molar-refractivity contribution is 7.89. The van der Waals surface area contributed by atoms with Crippen molar-refractivity contribution >= 4 is 38.9 Å². The Morgan fingerprint density at radius 3 is 2.24 bits per heavy atom. The van der Waals surface area contributed by atoms with E-state index in [1.165, 1.54) is 24.3 Å². The lowest BCUT2D eigenvalue weighted by molar-refractivity contribution is 0.308. The summed E-state index contributed by atoms with van der Waals surface area (Å²) in [6.45, 7) is 0.177. The first-order valence-corrected chi connectivity index (χ1v) is 8.06. The highest BCUT2D eigenvalue weighted by atomic mass is 35.5. The van der Waals surface area contributed by atoms with Gasteiger partial charge in [-0.1, -0.05) is 35.3 Å². The smallest absolute Gasteiger partial charge is 0.238 e. The van der Waals surface area contributed by atoms with Gasteiger partial charge in [-0.05, 0) is 29.8 Å². The zero-order valence-corrected chi connectivity index (χ0v) is 13.0. The van der Waals surface area contributed by atoms with E-state index < -0.39 is 10.0 Å². The van der Waals surface area contributed by atoms with Gasteiger partial charge in [-0.2, -0.15) is 0 Å². The van der Waals surface area contributed by atoms with Crippen molar-refractivity contribution < 1.29 is 13.2 Å². The summed E-state index contributed by atoms with van der Waals surface area (Å²) in [6.07, 6.45) is 0. The van der Waals surface area contributed by atoms with Gasteiger partial charge in [0.15, 0.2) is 5.75 Å². The topological polar surface area (TPSA) is 95.4 Å². The van der Waals surface area contributed by atoms with Crippen LogP contribution in [-0.2, 0) is 16.6 Å². The third kappa shape index (κ3) is 4.01. The number of rotatable bonds is 4. The molecule has 2 aromatic rings. The molecule has 0 radical (unpaired) electrons. The molecular weight excluding hydrogens is 335 g/mol. The second kappa shape index (κ2) is 6.11. The van der Waals surface area contributed by atoms with Crippen LogP contribution >= 0.6 is 23.2 Å². The minimum atomic E-state index is -3.70. The highest BCUT2D eigenvalue weighted by Crippen LogP contribution is 2.34. The number of sulfonamides is 1. The summed E-state index contributed by atoms with van der Waals surface area (Å²) in [7, 11) is -3.70. The lowest BCUT2D eigenvalue weighted by Crippen LogP contribution is -2.12. The number of hydrogen-bond acceptors (Lipinski definition) is 4. The molecule has 0 saturated heterocycles. The van der Waals surface area contributed by atoms with Crippen molar-refractivity contribution in [1.82, 2.24) is 0 Å². The van der Waals surface area contributed by atoms with Gasteiger partial charge >= 0.3 is 0 Å². The van der Waals surface area contributed by atoms with Gasteiger partial charge in [0.2, 0.25) is 10.0 Å². The van der Waals surface area contributed by atoms with Crippen molar-refractivity contribution in [3.05, 3.63) is 52.0 Å². The molecule has 0 bridgehead atoms. The van der Waals surface area contributed by atoms with Crippen molar-refractivity contribution in [2.45, 2.75) is 11.5 Å². The molecule has 0 aliphatic carbocycles. The van der Waals surface area contributed by atoms with E-state index in [-0.39, 0.29) is 11.5 Å². The summed E-state index contributed by atoms with van der Waals surface area (Å²) >= 11 is 11.8. The highest BCUT2D eigenvalue weighted by Gasteiger charge is 2.10. The fourth-order valence-corrected chi connectivity index (χ4v) is 2.74. The Morgan fingerprint density at radius 2 is 1.71 bits per heavy atom. The van der Waals surface area contributed by atoms with Gasteiger partial charge in [0.1, 0.15) is 6.61 Å². The van der Waals surface area contributed by atoms with Crippen molar-refractivity contribution in [2.24, 2.45) is 5.14 Å². The molecule has 0 unspecified atom stereocenters. The maximum Gasteiger partial charge on any atom is 0.238 e. The fourth-order valence-electron chi connectivity index (χ4n) is 1.66. The van der Waals surface area contributed by atoms with Crippen molar-refractivity contribution in [3.8, 4) is 5.75 Å². The number of anilines is 1. The van der Waals surface area contributed by atoms with E-state index in [1.807, 2.05) is 0 Å². The van der Waals surface area contributed by atoms with Crippen molar-refractivity contribution in [3.63, 3.8) is 0 Å². The molecule has 8 heteroatoms. The second-order valence-electron chi connectivity index (χ2n) is 4.28. The van der Waals surface area contributed by atoms with Gasteiger partial charge in [0.05, 0.1) is 15.6 Å². The summed E-state index contributed by atoms with van der Waals surface area (Å²) in [6, 6.07) is 9.06. The fraction of sp³-hybridized carbons (Fsp3) is 0.0769. The van der Waals surface area contributed by atoms with E-state index in [0.29, 0.717) is 21.5 Å². The van der Waals surface area contributed by atoms with E-state index >= 15 is 0 Å². The zero-order chi connectivity index (χ0) is 15.6. The first kappa shape index (κ1) is 15.9. The van der Waals surface area contributed by atoms with Gasteiger partial charge in [-0.3, -0.25) is 0 Å². The van der Waals surface area contributed by atoms with E-state index in [0.717, 1.165) is 5.56 Å². The number of nitrogens with two attached hydrogens (primary N) is 2. The number of ether oxygens (including phenoxy) is 1. The molecule has 0 heterocycles. The average Bonchev–Trinajstić information content (AvgIpc) is 2.37. The van der Waals surface area contributed by atoms with Gasteiger partial charge in [0, 0.05) is 5.02 Å². The van der Waals surface area contributed by atoms with Gasteiger partial charge < -0.3 is 10.5 Å².